The van der Waals surface area contributed by atoms with Crippen molar-refractivity contribution in [2.24, 2.45) is 5.92 Å². The molecule has 0 fully saturated rings. The van der Waals surface area contributed by atoms with Crippen LogP contribution >= 0.6 is 0 Å². The van der Waals surface area contributed by atoms with E-state index < -0.39 is 5.60 Å². The fourth-order valence-corrected chi connectivity index (χ4v) is 3.02. The molecule has 1 atom stereocenters. The van der Waals surface area contributed by atoms with Crippen molar-refractivity contribution in [3.63, 3.8) is 0 Å². The number of amides is 1. The van der Waals surface area contributed by atoms with E-state index in [1.165, 1.54) is 5.56 Å². The van der Waals surface area contributed by atoms with Gasteiger partial charge in [0.25, 0.3) is 0 Å². The lowest BCUT2D eigenvalue weighted by Crippen LogP contribution is -2.39. The summed E-state index contributed by atoms with van der Waals surface area (Å²) in [6.07, 6.45) is 3.78. The van der Waals surface area contributed by atoms with E-state index in [4.69, 9.17) is 9.47 Å². The number of hydrogen-bond donors (Lipinski definition) is 0. The Labute approximate surface area is 138 Å². The van der Waals surface area contributed by atoms with Crippen LogP contribution in [0, 0.1) is 5.92 Å². The van der Waals surface area contributed by atoms with Crippen LogP contribution in [0.15, 0.2) is 24.3 Å². The minimum absolute atomic E-state index is 0.271. The Morgan fingerprint density at radius 2 is 2.13 bits per heavy atom. The average Bonchev–Trinajstić information content (AvgIpc) is 2.92. The molecule has 2 aliphatic heterocycles. The summed E-state index contributed by atoms with van der Waals surface area (Å²) in [5.74, 6) is 1.39. The molecule has 1 amide bonds. The van der Waals surface area contributed by atoms with E-state index in [9.17, 15) is 4.79 Å². The molecule has 124 valence electrons. The van der Waals surface area contributed by atoms with Gasteiger partial charge in [-0.3, -0.25) is 4.90 Å². The van der Waals surface area contributed by atoms with Gasteiger partial charge in [-0.1, -0.05) is 13.0 Å². The van der Waals surface area contributed by atoms with Crippen molar-refractivity contribution in [3.8, 4) is 5.75 Å². The summed E-state index contributed by atoms with van der Waals surface area (Å²) in [6, 6.07) is 6.18. The van der Waals surface area contributed by atoms with E-state index in [2.05, 4.69) is 19.1 Å². The molecule has 0 radical (unpaired) electrons. The van der Waals surface area contributed by atoms with Crippen LogP contribution in [0.2, 0.25) is 0 Å². The highest BCUT2D eigenvalue weighted by atomic mass is 16.6. The van der Waals surface area contributed by atoms with E-state index in [1.54, 1.807) is 4.90 Å². The average molecular weight is 315 g/mol. The Bertz CT molecular complexity index is 643. The summed E-state index contributed by atoms with van der Waals surface area (Å²) < 4.78 is 11.2. The molecule has 0 N–H and O–H groups in total. The van der Waals surface area contributed by atoms with Crippen LogP contribution in [0.5, 0.6) is 5.75 Å². The first-order valence-corrected chi connectivity index (χ1v) is 8.30. The van der Waals surface area contributed by atoms with Gasteiger partial charge >= 0.3 is 6.09 Å². The van der Waals surface area contributed by atoms with Gasteiger partial charge in [0.2, 0.25) is 0 Å². The monoisotopic (exact) mass is 315 g/mol. The first kappa shape index (κ1) is 15.9. The van der Waals surface area contributed by atoms with Crippen molar-refractivity contribution in [2.75, 3.05) is 13.2 Å². The van der Waals surface area contributed by atoms with Crippen molar-refractivity contribution in [1.29, 1.82) is 0 Å². The van der Waals surface area contributed by atoms with E-state index in [0.717, 1.165) is 36.5 Å². The molecule has 3 rings (SSSR count). The normalized spacial score (nSPS) is 20.6. The molecule has 1 aromatic carbocycles. The Morgan fingerprint density at radius 3 is 2.87 bits per heavy atom. The summed E-state index contributed by atoms with van der Waals surface area (Å²) in [5, 5.41) is 0. The number of allylic oxidation sites excluding steroid dienone is 1. The van der Waals surface area contributed by atoms with Crippen LogP contribution in [0.1, 0.15) is 45.2 Å². The van der Waals surface area contributed by atoms with Gasteiger partial charge in [-0.15, -0.1) is 0 Å². The maximum absolute atomic E-state index is 12.6. The molecule has 0 bridgehead atoms. The first-order chi connectivity index (χ1) is 10.8. The van der Waals surface area contributed by atoms with Gasteiger partial charge in [-0.2, -0.15) is 0 Å². The number of carbonyl (C=O) groups excluding carboxylic acids is 1. The highest BCUT2D eigenvalue weighted by Gasteiger charge is 2.29. The zero-order valence-corrected chi connectivity index (χ0v) is 14.4. The smallest absolute Gasteiger partial charge is 0.414 e. The third kappa shape index (κ3) is 3.52. The Hall–Kier alpha value is -1.97. The number of rotatable bonds is 1. The van der Waals surface area contributed by atoms with Gasteiger partial charge in [0.1, 0.15) is 11.4 Å². The highest BCUT2D eigenvalue weighted by molar-refractivity contribution is 5.83. The van der Waals surface area contributed by atoms with Crippen molar-refractivity contribution in [3.05, 3.63) is 35.4 Å². The summed E-state index contributed by atoms with van der Waals surface area (Å²) in [6.45, 7) is 9.28. The number of hydrogen-bond acceptors (Lipinski definition) is 3. The van der Waals surface area contributed by atoms with Crippen molar-refractivity contribution in [1.82, 2.24) is 4.90 Å². The zero-order chi connectivity index (χ0) is 16.6. The first-order valence-electron chi connectivity index (χ1n) is 8.30. The van der Waals surface area contributed by atoms with Crippen molar-refractivity contribution < 1.29 is 14.3 Å². The second kappa shape index (κ2) is 5.91. The second-order valence-corrected chi connectivity index (χ2v) is 7.44. The number of nitrogens with zero attached hydrogens (tertiary/aromatic N) is 1. The molecule has 0 saturated carbocycles. The van der Waals surface area contributed by atoms with E-state index >= 15 is 0 Å². The summed E-state index contributed by atoms with van der Waals surface area (Å²) in [4.78, 5) is 14.4. The number of ether oxygens (including phenoxy) is 2. The largest absolute Gasteiger partial charge is 0.493 e. The van der Waals surface area contributed by atoms with Gasteiger partial charge in [0, 0.05) is 13.0 Å². The predicted molar refractivity (Wildman–Crippen MR) is 90.3 cm³/mol. The predicted octanol–water partition coefficient (Wildman–Crippen LogP) is 4.24. The van der Waals surface area contributed by atoms with E-state index in [-0.39, 0.29) is 6.09 Å². The molecule has 0 aliphatic carbocycles. The standard InChI is InChI=1S/C19H25NO3/c1-13-5-7-16(20(12-13)18(21)23-19(2,3)4)14-6-8-17-15(11-14)9-10-22-17/h6-8,11,13H,5,9-10,12H2,1-4H3/t13-/m0/s1. The minimum Gasteiger partial charge on any atom is -0.493 e. The third-order valence-electron chi connectivity index (χ3n) is 4.10. The lowest BCUT2D eigenvalue weighted by molar-refractivity contribution is 0.0327. The molecule has 0 aromatic heterocycles. The van der Waals surface area contributed by atoms with E-state index in [1.807, 2.05) is 32.9 Å². The molecule has 23 heavy (non-hydrogen) atoms. The molecule has 2 heterocycles. The van der Waals surface area contributed by atoms with Gasteiger partial charge < -0.3 is 9.47 Å². The fraction of sp³-hybridized carbons (Fsp3) is 0.526. The maximum atomic E-state index is 12.6. The molecular formula is C19H25NO3. The topological polar surface area (TPSA) is 38.8 Å². The van der Waals surface area contributed by atoms with Crippen LogP contribution in [-0.4, -0.2) is 29.7 Å². The molecule has 0 saturated heterocycles. The van der Waals surface area contributed by atoms with E-state index in [0.29, 0.717) is 12.5 Å². The summed E-state index contributed by atoms with van der Waals surface area (Å²) in [7, 11) is 0. The quantitative estimate of drug-likeness (QED) is 0.778. The number of benzene rings is 1. The Morgan fingerprint density at radius 1 is 1.35 bits per heavy atom. The van der Waals surface area contributed by atoms with Gasteiger partial charge in [0.05, 0.1) is 12.3 Å². The summed E-state index contributed by atoms with van der Waals surface area (Å²) in [5.41, 5.74) is 2.74. The molecule has 1 aromatic rings. The van der Waals surface area contributed by atoms with Crippen LogP contribution in [0.4, 0.5) is 4.79 Å². The lowest BCUT2D eigenvalue weighted by atomic mass is 9.97. The van der Waals surface area contributed by atoms with Gasteiger partial charge in [-0.25, -0.2) is 4.79 Å². The lowest BCUT2D eigenvalue weighted by Gasteiger charge is -2.34. The second-order valence-electron chi connectivity index (χ2n) is 7.44. The number of carbonyl (C=O) groups is 1. The SMILES string of the molecule is C[C@H]1CC=C(c2ccc3c(c2)CCO3)N(C(=O)OC(C)(C)C)C1. The van der Waals surface area contributed by atoms with Gasteiger partial charge in [0.15, 0.2) is 0 Å². The van der Waals surface area contributed by atoms with Gasteiger partial charge in [-0.05, 0) is 62.4 Å². The molecule has 4 heteroatoms. The van der Waals surface area contributed by atoms with Crippen molar-refractivity contribution >= 4 is 11.8 Å². The highest BCUT2D eigenvalue weighted by Crippen LogP contribution is 2.33. The van der Waals surface area contributed by atoms with Crippen LogP contribution in [0.25, 0.3) is 5.70 Å². The molecule has 0 spiro atoms. The molecule has 2 aliphatic rings. The molecule has 0 unspecified atom stereocenters. The van der Waals surface area contributed by atoms with Crippen LogP contribution < -0.4 is 4.74 Å². The number of fused-ring (bicyclic) bond motifs is 1. The van der Waals surface area contributed by atoms with Crippen LogP contribution in [-0.2, 0) is 11.2 Å². The summed E-state index contributed by atoms with van der Waals surface area (Å²) >= 11 is 0. The molecular weight excluding hydrogens is 290 g/mol. The minimum atomic E-state index is -0.491. The molecule has 4 nitrogen and oxygen atoms in total. The fourth-order valence-electron chi connectivity index (χ4n) is 3.02. The van der Waals surface area contributed by atoms with Crippen molar-refractivity contribution in [2.45, 2.75) is 46.1 Å². The van der Waals surface area contributed by atoms with Crippen LogP contribution in [0.3, 0.4) is 0 Å². The zero-order valence-electron chi connectivity index (χ0n) is 14.4. The third-order valence-corrected chi connectivity index (χ3v) is 4.10. The Balaban J connectivity index is 1.90. The Kier molecular flexibility index (Phi) is 4.09. The maximum Gasteiger partial charge on any atom is 0.414 e.